The summed E-state index contributed by atoms with van der Waals surface area (Å²) in [6.07, 6.45) is 6.75. The Bertz CT molecular complexity index is 703. The van der Waals surface area contributed by atoms with Gasteiger partial charge in [0.15, 0.2) is 5.82 Å². The van der Waals surface area contributed by atoms with E-state index in [1.807, 2.05) is 31.0 Å². The molecular formula is C19H23FN2O2. The number of ether oxygens (including phenoxy) is 1. The SMILES string of the molecule is CC1=NC=CC(COC2(C)CN(c3cccc(CO)c3F)C2)=CC1. The maximum absolute atomic E-state index is 14.3. The zero-order valence-corrected chi connectivity index (χ0v) is 14.1. The van der Waals surface area contributed by atoms with Gasteiger partial charge in [0.25, 0.3) is 0 Å². The number of allylic oxidation sites excluding steroid dienone is 1. The van der Waals surface area contributed by atoms with Crippen molar-refractivity contribution in [2.75, 3.05) is 24.6 Å². The number of nitrogens with zero attached hydrogens (tertiary/aromatic N) is 2. The third-order valence-corrected chi connectivity index (χ3v) is 4.45. The van der Waals surface area contributed by atoms with Gasteiger partial charge in [-0.15, -0.1) is 0 Å². The van der Waals surface area contributed by atoms with E-state index in [-0.39, 0.29) is 18.0 Å². The van der Waals surface area contributed by atoms with Crippen molar-refractivity contribution < 1.29 is 14.2 Å². The van der Waals surface area contributed by atoms with E-state index in [9.17, 15) is 9.50 Å². The zero-order chi connectivity index (χ0) is 17.2. The van der Waals surface area contributed by atoms with Crippen molar-refractivity contribution in [2.45, 2.75) is 32.5 Å². The zero-order valence-electron chi connectivity index (χ0n) is 14.1. The average Bonchev–Trinajstić information content (AvgIpc) is 2.75. The Balaban J connectivity index is 1.57. The van der Waals surface area contributed by atoms with Gasteiger partial charge in [0, 0.05) is 37.0 Å². The lowest BCUT2D eigenvalue weighted by Crippen LogP contribution is -2.62. The van der Waals surface area contributed by atoms with Crippen LogP contribution in [0, 0.1) is 5.82 Å². The molecule has 128 valence electrons. The lowest BCUT2D eigenvalue weighted by molar-refractivity contribution is -0.0392. The first-order chi connectivity index (χ1) is 11.5. The molecule has 1 aromatic carbocycles. The summed E-state index contributed by atoms with van der Waals surface area (Å²) in [6, 6.07) is 5.11. The molecule has 0 radical (unpaired) electrons. The van der Waals surface area contributed by atoms with Gasteiger partial charge < -0.3 is 14.7 Å². The molecule has 0 spiro atoms. The molecule has 2 aliphatic rings. The summed E-state index contributed by atoms with van der Waals surface area (Å²) in [5.41, 5.74) is 2.76. The summed E-state index contributed by atoms with van der Waals surface area (Å²) in [7, 11) is 0. The van der Waals surface area contributed by atoms with Crippen LogP contribution in [0.2, 0.25) is 0 Å². The Morgan fingerprint density at radius 3 is 2.92 bits per heavy atom. The van der Waals surface area contributed by atoms with Gasteiger partial charge in [0.2, 0.25) is 0 Å². The number of benzene rings is 1. The van der Waals surface area contributed by atoms with Crippen molar-refractivity contribution in [2.24, 2.45) is 4.99 Å². The quantitative estimate of drug-likeness (QED) is 0.901. The number of aliphatic hydroxyl groups excluding tert-OH is 1. The third-order valence-electron chi connectivity index (χ3n) is 4.45. The minimum absolute atomic E-state index is 0.288. The highest BCUT2D eigenvalue weighted by atomic mass is 19.1. The van der Waals surface area contributed by atoms with Crippen molar-refractivity contribution in [1.82, 2.24) is 0 Å². The van der Waals surface area contributed by atoms with Gasteiger partial charge in [0.05, 0.1) is 18.9 Å². The molecule has 0 aliphatic carbocycles. The van der Waals surface area contributed by atoms with Gasteiger partial charge in [-0.3, -0.25) is 4.99 Å². The standard InChI is InChI=1S/C19H23FN2O2/c1-14-6-7-15(8-9-21-14)11-24-19(2)12-22(13-19)17-5-3-4-16(10-23)18(17)20/h3-5,7-9,23H,6,10-13H2,1-2H3. The van der Waals surface area contributed by atoms with Gasteiger partial charge in [-0.25, -0.2) is 4.39 Å². The van der Waals surface area contributed by atoms with Crippen molar-refractivity contribution in [3.05, 3.63) is 53.5 Å². The maximum Gasteiger partial charge on any atom is 0.151 e. The second-order valence-electron chi connectivity index (χ2n) is 6.67. The van der Waals surface area contributed by atoms with Gasteiger partial charge in [-0.2, -0.15) is 0 Å². The van der Waals surface area contributed by atoms with E-state index in [1.54, 1.807) is 18.2 Å². The Labute approximate surface area is 142 Å². The number of anilines is 1. The average molecular weight is 330 g/mol. The molecule has 1 fully saturated rings. The first-order valence-electron chi connectivity index (χ1n) is 8.17. The molecule has 0 amide bonds. The Hall–Kier alpha value is -1.98. The van der Waals surface area contributed by atoms with E-state index in [0.29, 0.717) is 30.9 Å². The summed E-state index contributed by atoms with van der Waals surface area (Å²) in [4.78, 5) is 6.23. The van der Waals surface area contributed by atoms with Gasteiger partial charge >= 0.3 is 0 Å². The molecule has 5 heteroatoms. The molecule has 0 aromatic heterocycles. The van der Waals surface area contributed by atoms with E-state index >= 15 is 0 Å². The lowest BCUT2D eigenvalue weighted by Gasteiger charge is -2.49. The van der Waals surface area contributed by atoms with Crippen molar-refractivity contribution >= 4 is 11.4 Å². The first kappa shape index (κ1) is 16.9. The number of halogens is 1. The maximum atomic E-state index is 14.3. The summed E-state index contributed by atoms with van der Waals surface area (Å²) in [5, 5.41) is 9.18. The first-order valence-corrected chi connectivity index (χ1v) is 8.17. The number of aliphatic hydroxyl groups is 1. The lowest BCUT2D eigenvalue weighted by atomic mass is 9.94. The minimum atomic E-state index is -0.343. The smallest absolute Gasteiger partial charge is 0.151 e. The van der Waals surface area contributed by atoms with Crippen LogP contribution in [0.5, 0.6) is 0 Å². The molecule has 2 aliphatic heterocycles. The summed E-state index contributed by atoms with van der Waals surface area (Å²) in [5.74, 6) is -0.343. The number of rotatable bonds is 5. The fourth-order valence-electron chi connectivity index (χ4n) is 2.98. The Morgan fingerprint density at radius 2 is 2.17 bits per heavy atom. The molecule has 1 N–H and O–H groups in total. The van der Waals surface area contributed by atoms with Gasteiger partial charge in [-0.05, 0) is 31.6 Å². The minimum Gasteiger partial charge on any atom is -0.392 e. The highest BCUT2D eigenvalue weighted by molar-refractivity contribution is 5.84. The molecule has 2 heterocycles. The fraction of sp³-hybridized carbons (Fsp3) is 0.421. The molecule has 1 saturated heterocycles. The third kappa shape index (κ3) is 3.57. The molecule has 0 bridgehead atoms. The van der Waals surface area contributed by atoms with E-state index in [4.69, 9.17) is 4.74 Å². The Morgan fingerprint density at radius 1 is 1.38 bits per heavy atom. The molecule has 0 atom stereocenters. The molecule has 0 unspecified atom stereocenters. The Kier molecular flexibility index (Phi) is 4.83. The molecular weight excluding hydrogens is 307 g/mol. The largest absolute Gasteiger partial charge is 0.392 e. The molecule has 0 saturated carbocycles. The predicted octanol–water partition coefficient (Wildman–Crippen LogP) is 3.22. The van der Waals surface area contributed by atoms with Crippen LogP contribution in [0.4, 0.5) is 10.1 Å². The van der Waals surface area contributed by atoms with Gasteiger partial charge in [0.1, 0.15) is 5.60 Å². The second-order valence-corrected chi connectivity index (χ2v) is 6.67. The van der Waals surface area contributed by atoms with E-state index in [2.05, 4.69) is 11.1 Å². The fourth-order valence-corrected chi connectivity index (χ4v) is 2.98. The van der Waals surface area contributed by atoms with Crippen LogP contribution < -0.4 is 4.90 Å². The number of hydrogen-bond acceptors (Lipinski definition) is 4. The molecule has 3 rings (SSSR count). The van der Waals surface area contributed by atoms with Crippen LogP contribution in [0.15, 0.2) is 47.1 Å². The number of hydrogen-bond donors (Lipinski definition) is 1. The summed E-state index contributed by atoms with van der Waals surface area (Å²) >= 11 is 0. The van der Waals surface area contributed by atoms with E-state index in [0.717, 1.165) is 17.7 Å². The van der Waals surface area contributed by atoms with Crippen LogP contribution in [-0.4, -0.2) is 36.1 Å². The predicted molar refractivity (Wildman–Crippen MR) is 93.8 cm³/mol. The molecule has 1 aromatic rings. The van der Waals surface area contributed by atoms with Crippen LogP contribution in [0.3, 0.4) is 0 Å². The van der Waals surface area contributed by atoms with Crippen molar-refractivity contribution in [3.8, 4) is 0 Å². The van der Waals surface area contributed by atoms with E-state index in [1.165, 1.54) is 0 Å². The summed E-state index contributed by atoms with van der Waals surface area (Å²) < 4.78 is 20.3. The topological polar surface area (TPSA) is 45.1 Å². The summed E-state index contributed by atoms with van der Waals surface area (Å²) in [6.45, 7) is 5.55. The highest BCUT2D eigenvalue weighted by Crippen LogP contribution is 2.33. The van der Waals surface area contributed by atoms with Crippen molar-refractivity contribution in [1.29, 1.82) is 0 Å². The van der Waals surface area contributed by atoms with Gasteiger partial charge in [-0.1, -0.05) is 18.2 Å². The van der Waals surface area contributed by atoms with Crippen LogP contribution in [0.1, 0.15) is 25.8 Å². The van der Waals surface area contributed by atoms with Crippen LogP contribution in [-0.2, 0) is 11.3 Å². The number of aliphatic imine (C=N–C) groups is 1. The monoisotopic (exact) mass is 330 g/mol. The normalized spacial score (nSPS) is 19.4. The second kappa shape index (κ2) is 6.87. The van der Waals surface area contributed by atoms with Crippen LogP contribution >= 0.6 is 0 Å². The van der Waals surface area contributed by atoms with Crippen LogP contribution in [0.25, 0.3) is 0 Å². The van der Waals surface area contributed by atoms with Crippen molar-refractivity contribution in [3.63, 3.8) is 0 Å². The highest BCUT2D eigenvalue weighted by Gasteiger charge is 2.41. The van der Waals surface area contributed by atoms with E-state index < -0.39 is 0 Å². The molecule has 4 nitrogen and oxygen atoms in total. The molecule has 24 heavy (non-hydrogen) atoms.